The number of amides is 1. The van der Waals surface area contributed by atoms with Gasteiger partial charge in [-0.15, -0.1) is 0 Å². The number of nitrogen functional groups attached to an aromatic ring is 1. The SMILES string of the molecule is Nc1cc(C(=O)Nc2ncc(Br)s2)[nH]n1. The summed E-state index contributed by atoms with van der Waals surface area (Å²) in [6.45, 7) is 0. The molecule has 0 aromatic carbocycles. The van der Waals surface area contributed by atoms with Gasteiger partial charge >= 0.3 is 0 Å². The molecule has 0 aliphatic carbocycles. The molecule has 0 saturated carbocycles. The van der Waals surface area contributed by atoms with E-state index in [0.717, 1.165) is 3.79 Å². The van der Waals surface area contributed by atoms with Crippen molar-refractivity contribution in [2.75, 3.05) is 11.1 Å². The second kappa shape index (κ2) is 3.99. The molecule has 0 fully saturated rings. The van der Waals surface area contributed by atoms with Crippen molar-refractivity contribution >= 4 is 44.1 Å². The molecule has 78 valence electrons. The van der Waals surface area contributed by atoms with Gasteiger partial charge in [0.1, 0.15) is 11.5 Å². The van der Waals surface area contributed by atoms with Crippen molar-refractivity contribution in [2.24, 2.45) is 0 Å². The number of H-pyrrole nitrogens is 1. The number of aromatic nitrogens is 3. The molecule has 6 nitrogen and oxygen atoms in total. The first-order valence-electron chi connectivity index (χ1n) is 3.89. The minimum Gasteiger partial charge on any atom is -0.382 e. The van der Waals surface area contributed by atoms with Gasteiger partial charge in [0.05, 0.1) is 9.98 Å². The minimum absolute atomic E-state index is 0.278. The molecule has 2 rings (SSSR count). The lowest BCUT2D eigenvalue weighted by Gasteiger charge is -1.96. The van der Waals surface area contributed by atoms with Gasteiger partial charge in [-0.1, -0.05) is 11.3 Å². The van der Waals surface area contributed by atoms with Gasteiger partial charge in [0.25, 0.3) is 5.91 Å². The van der Waals surface area contributed by atoms with Gasteiger partial charge in [0, 0.05) is 6.07 Å². The van der Waals surface area contributed by atoms with Gasteiger partial charge in [-0.3, -0.25) is 15.2 Å². The first-order chi connectivity index (χ1) is 7.15. The Hall–Kier alpha value is -1.41. The van der Waals surface area contributed by atoms with Crippen molar-refractivity contribution in [2.45, 2.75) is 0 Å². The van der Waals surface area contributed by atoms with Crippen molar-refractivity contribution < 1.29 is 4.79 Å². The number of halogens is 1. The zero-order chi connectivity index (χ0) is 10.8. The van der Waals surface area contributed by atoms with Crippen LogP contribution in [0.5, 0.6) is 0 Å². The second-order valence-electron chi connectivity index (χ2n) is 2.63. The monoisotopic (exact) mass is 287 g/mol. The van der Waals surface area contributed by atoms with E-state index in [4.69, 9.17) is 5.73 Å². The highest BCUT2D eigenvalue weighted by atomic mass is 79.9. The lowest BCUT2D eigenvalue weighted by molar-refractivity contribution is 0.102. The molecule has 0 atom stereocenters. The topological polar surface area (TPSA) is 96.7 Å². The molecule has 0 aliphatic rings. The average molecular weight is 288 g/mol. The van der Waals surface area contributed by atoms with Gasteiger partial charge in [0.15, 0.2) is 5.13 Å². The smallest absolute Gasteiger partial charge is 0.275 e. The highest BCUT2D eigenvalue weighted by Gasteiger charge is 2.10. The Bertz CT molecular complexity index is 493. The van der Waals surface area contributed by atoms with E-state index in [1.165, 1.54) is 17.4 Å². The van der Waals surface area contributed by atoms with Gasteiger partial charge in [-0.05, 0) is 15.9 Å². The number of hydrogen-bond acceptors (Lipinski definition) is 5. The molecule has 8 heteroatoms. The summed E-state index contributed by atoms with van der Waals surface area (Å²) in [5.74, 6) is -0.0403. The number of nitrogens with zero attached hydrogens (tertiary/aromatic N) is 2. The second-order valence-corrected chi connectivity index (χ2v) is 5.04. The number of anilines is 2. The molecule has 4 N–H and O–H groups in total. The van der Waals surface area contributed by atoms with E-state index >= 15 is 0 Å². The van der Waals surface area contributed by atoms with Crippen molar-refractivity contribution in [3.8, 4) is 0 Å². The first kappa shape index (κ1) is 10.1. The average Bonchev–Trinajstić information content (AvgIpc) is 2.75. The van der Waals surface area contributed by atoms with Crippen LogP contribution in [0.15, 0.2) is 16.0 Å². The zero-order valence-corrected chi connectivity index (χ0v) is 9.72. The number of aromatic amines is 1. The lowest BCUT2D eigenvalue weighted by Crippen LogP contribution is -2.11. The van der Waals surface area contributed by atoms with Crippen molar-refractivity contribution in [3.05, 3.63) is 21.7 Å². The largest absolute Gasteiger partial charge is 0.382 e. The van der Waals surface area contributed by atoms with Crippen LogP contribution in [0.25, 0.3) is 0 Å². The summed E-state index contributed by atoms with van der Waals surface area (Å²) in [4.78, 5) is 15.5. The van der Waals surface area contributed by atoms with Crippen molar-refractivity contribution in [1.82, 2.24) is 15.2 Å². The molecular formula is C7H6BrN5OS. The Labute approximate surface area is 97.0 Å². The van der Waals surface area contributed by atoms with Crippen LogP contribution < -0.4 is 11.1 Å². The quantitative estimate of drug-likeness (QED) is 0.779. The fourth-order valence-electron chi connectivity index (χ4n) is 0.930. The maximum atomic E-state index is 11.6. The number of nitrogens with two attached hydrogens (primary N) is 1. The summed E-state index contributed by atoms with van der Waals surface area (Å²) < 4.78 is 0.849. The van der Waals surface area contributed by atoms with Crippen LogP contribution in [0.1, 0.15) is 10.5 Å². The first-order valence-corrected chi connectivity index (χ1v) is 5.49. The Balaban J connectivity index is 2.10. The van der Waals surface area contributed by atoms with Gasteiger partial charge < -0.3 is 5.73 Å². The van der Waals surface area contributed by atoms with Crippen LogP contribution >= 0.6 is 27.3 Å². The van der Waals surface area contributed by atoms with E-state index in [2.05, 4.69) is 36.4 Å². The fraction of sp³-hybridized carbons (Fsp3) is 0. The highest BCUT2D eigenvalue weighted by molar-refractivity contribution is 9.11. The number of carbonyl (C=O) groups is 1. The van der Waals surface area contributed by atoms with E-state index in [1.807, 2.05) is 0 Å². The van der Waals surface area contributed by atoms with E-state index in [9.17, 15) is 4.79 Å². The summed E-state index contributed by atoms with van der Waals surface area (Å²) in [6, 6.07) is 1.46. The molecule has 0 radical (unpaired) electrons. The third-order valence-electron chi connectivity index (χ3n) is 1.54. The molecule has 0 unspecified atom stereocenters. The predicted molar refractivity (Wildman–Crippen MR) is 60.8 cm³/mol. The standard InChI is InChI=1S/C7H6BrN5OS/c8-4-2-10-7(15-4)11-6(14)3-1-5(9)13-12-3/h1-2H,(H3,9,12,13)(H,10,11,14). The van der Waals surface area contributed by atoms with Crippen molar-refractivity contribution in [3.63, 3.8) is 0 Å². The lowest BCUT2D eigenvalue weighted by atomic mass is 10.4. The number of hydrogen-bond donors (Lipinski definition) is 3. The highest BCUT2D eigenvalue weighted by Crippen LogP contribution is 2.23. The number of nitrogens with one attached hydrogen (secondary N) is 2. The van der Waals surface area contributed by atoms with Crippen LogP contribution in [0.3, 0.4) is 0 Å². The maximum absolute atomic E-state index is 11.6. The molecule has 2 aromatic rings. The summed E-state index contributed by atoms with van der Waals surface area (Å²) in [5.41, 5.74) is 5.68. The van der Waals surface area contributed by atoms with Gasteiger partial charge in [-0.2, -0.15) is 5.10 Å². The summed E-state index contributed by atoms with van der Waals surface area (Å²) in [5, 5.41) is 9.28. The minimum atomic E-state index is -0.318. The van der Waals surface area contributed by atoms with Crippen molar-refractivity contribution in [1.29, 1.82) is 0 Å². The van der Waals surface area contributed by atoms with Crippen LogP contribution in [-0.2, 0) is 0 Å². The Morgan fingerprint density at radius 3 is 3.00 bits per heavy atom. The molecule has 0 saturated heterocycles. The maximum Gasteiger partial charge on any atom is 0.275 e. The normalized spacial score (nSPS) is 10.2. The Kier molecular flexibility index (Phi) is 2.69. The molecule has 2 aromatic heterocycles. The number of carbonyl (C=O) groups excluding carboxylic acids is 1. The van der Waals surface area contributed by atoms with Crippen LogP contribution in [0.4, 0.5) is 10.9 Å². The fourth-order valence-corrected chi connectivity index (χ4v) is 2.03. The zero-order valence-electron chi connectivity index (χ0n) is 7.32. The third kappa shape index (κ3) is 2.34. The summed E-state index contributed by atoms with van der Waals surface area (Å²) in [6.07, 6.45) is 1.61. The molecule has 0 aliphatic heterocycles. The summed E-state index contributed by atoms with van der Waals surface area (Å²) >= 11 is 4.57. The van der Waals surface area contributed by atoms with Gasteiger partial charge in [0.2, 0.25) is 0 Å². The van der Waals surface area contributed by atoms with E-state index in [-0.39, 0.29) is 11.7 Å². The van der Waals surface area contributed by atoms with E-state index < -0.39 is 0 Å². The van der Waals surface area contributed by atoms with E-state index in [0.29, 0.717) is 10.8 Å². The number of thiazole rings is 1. The van der Waals surface area contributed by atoms with Crippen LogP contribution in [0.2, 0.25) is 0 Å². The molecular weight excluding hydrogens is 282 g/mol. The molecule has 0 bridgehead atoms. The third-order valence-corrected chi connectivity index (χ3v) is 2.93. The molecule has 0 spiro atoms. The van der Waals surface area contributed by atoms with E-state index in [1.54, 1.807) is 6.20 Å². The summed E-state index contributed by atoms with van der Waals surface area (Å²) in [7, 11) is 0. The Morgan fingerprint density at radius 1 is 1.67 bits per heavy atom. The molecule has 1 amide bonds. The molecule has 15 heavy (non-hydrogen) atoms. The predicted octanol–water partition coefficient (Wildman–Crippen LogP) is 1.46. The Morgan fingerprint density at radius 2 is 2.47 bits per heavy atom. The molecule has 2 heterocycles. The van der Waals surface area contributed by atoms with Crippen LogP contribution in [0, 0.1) is 0 Å². The van der Waals surface area contributed by atoms with Gasteiger partial charge in [-0.25, -0.2) is 4.98 Å². The number of rotatable bonds is 2. The van der Waals surface area contributed by atoms with Crippen LogP contribution in [-0.4, -0.2) is 21.1 Å².